The molecule has 0 N–H and O–H groups in total. The van der Waals surface area contributed by atoms with E-state index in [0.29, 0.717) is 40.4 Å². The van der Waals surface area contributed by atoms with Crippen molar-refractivity contribution < 1.29 is 28.5 Å². The Morgan fingerprint density at radius 3 is 2.00 bits per heavy atom. The maximum Gasteiger partial charge on any atom is 0.338 e. The molecule has 0 aromatic heterocycles. The molecule has 3 saturated carbocycles. The summed E-state index contributed by atoms with van der Waals surface area (Å²) in [6.07, 6.45) is 3.45. The quantitative estimate of drug-likeness (QED) is 0.620. The molecule has 2 bridgehead atoms. The number of fused-ring (bicyclic) bond motifs is 5. The Labute approximate surface area is 187 Å². The molecule has 6 atom stereocenters. The summed E-state index contributed by atoms with van der Waals surface area (Å²) >= 11 is 0. The molecule has 0 saturated heterocycles. The minimum Gasteiger partial charge on any atom is -0.497 e. The van der Waals surface area contributed by atoms with Gasteiger partial charge >= 0.3 is 11.9 Å². The molecule has 168 valence electrons. The topological polar surface area (TPSA) is 71.1 Å². The van der Waals surface area contributed by atoms with E-state index in [1.807, 2.05) is 0 Å². The molecule has 3 fully saturated rings. The smallest absolute Gasteiger partial charge is 0.338 e. The number of carbonyl (C=O) groups excluding carboxylic acids is 2. The molecule has 2 aromatic rings. The lowest BCUT2D eigenvalue weighted by atomic mass is 9.81. The minimum atomic E-state index is -0.443. The summed E-state index contributed by atoms with van der Waals surface area (Å²) < 4.78 is 22.5. The molecule has 6 heteroatoms. The molecular formula is C26H28O6. The van der Waals surface area contributed by atoms with Gasteiger partial charge in [0.05, 0.1) is 25.3 Å². The largest absolute Gasteiger partial charge is 0.497 e. The van der Waals surface area contributed by atoms with Crippen molar-refractivity contribution in [2.75, 3.05) is 14.2 Å². The normalized spacial score (nSPS) is 29.9. The van der Waals surface area contributed by atoms with Crippen LogP contribution < -0.4 is 9.47 Å². The second kappa shape index (κ2) is 8.49. The number of ether oxygens (including phenoxy) is 4. The zero-order valence-electron chi connectivity index (χ0n) is 18.4. The van der Waals surface area contributed by atoms with Gasteiger partial charge in [0, 0.05) is 5.92 Å². The number of carbonyl (C=O) groups is 2. The van der Waals surface area contributed by atoms with Gasteiger partial charge in [-0.25, -0.2) is 9.59 Å². The molecule has 0 aliphatic heterocycles. The molecule has 6 unspecified atom stereocenters. The molecular weight excluding hydrogens is 408 g/mol. The molecule has 0 spiro atoms. The first-order valence-corrected chi connectivity index (χ1v) is 11.3. The van der Waals surface area contributed by atoms with Crippen LogP contribution in [0.2, 0.25) is 0 Å². The highest BCUT2D eigenvalue weighted by Gasteiger charge is 2.59. The third kappa shape index (κ3) is 3.72. The van der Waals surface area contributed by atoms with Crippen LogP contribution in [0.3, 0.4) is 0 Å². The summed E-state index contributed by atoms with van der Waals surface area (Å²) in [6.45, 7) is 0. The Kier molecular flexibility index (Phi) is 5.53. The highest BCUT2D eigenvalue weighted by molar-refractivity contribution is 5.91. The van der Waals surface area contributed by atoms with Gasteiger partial charge in [-0.15, -0.1) is 0 Å². The number of esters is 2. The molecule has 6 nitrogen and oxygen atoms in total. The van der Waals surface area contributed by atoms with Gasteiger partial charge in [0.1, 0.15) is 23.7 Å². The van der Waals surface area contributed by atoms with Gasteiger partial charge in [-0.3, -0.25) is 0 Å². The lowest BCUT2D eigenvalue weighted by Crippen LogP contribution is -2.37. The van der Waals surface area contributed by atoms with E-state index in [1.54, 1.807) is 62.8 Å². The summed E-state index contributed by atoms with van der Waals surface area (Å²) in [5.74, 6) is 2.26. The monoisotopic (exact) mass is 436 g/mol. The van der Waals surface area contributed by atoms with E-state index >= 15 is 0 Å². The van der Waals surface area contributed by atoms with Gasteiger partial charge in [-0.05, 0) is 79.8 Å². The van der Waals surface area contributed by atoms with Gasteiger partial charge in [-0.2, -0.15) is 0 Å². The fourth-order valence-electron chi connectivity index (χ4n) is 6.13. The predicted molar refractivity (Wildman–Crippen MR) is 117 cm³/mol. The van der Waals surface area contributed by atoms with Crippen molar-refractivity contribution in [2.24, 2.45) is 23.7 Å². The van der Waals surface area contributed by atoms with Crippen molar-refractivity contribution in [2.45, 2.75) is 37.9 Å². The van der Waals surface area contributed by atoms with Crippen molar-refractivity contribution in [3.8, 4) is 11.5 Å². The van der Waals surface area contributed by atoms with Crippen LogP contribution in [0, 0.1) is 23.7 Å². The molecule has 2 aromatic carbocycles. The molecule has 3 aliphatic rings. The van der Waals surface area contributed by atoms with Crippen molar-refractivity contribution >= 4 is 11.9 Å². The average Bonchev–Trinajstić information content (AvgIpc) is 3.53. The van der Waals surface area contributed by atoms with Crippen molar-refractivity contribution in [3.63, 3.8) is 0 Å². The third-order valence-electron chi connectivity index (χ3n) is 7.52. The van der Waals surface area contributed by atoms with Crippen molar-refractivity contribution in [3.05, 3.63) is 59.7 Å². The standard InChI is InChI=1S/C26H28O6/c1-29-19-7-3-5-17(12-19)25(27)31-22-14-21-15-9-10-16(11-15)23(21)24(22)32-26(28)18-6-4-8-20(13-18)30-2/h3-8,12-13,15-16,21-24H,9-11,14H2,1-2H3. The Morgan fingerprint density at radius 1 is 0.781 bits per heavy atom. The zero-order chi connectivity index (χ0) is 22.2. The summed E-state index contributed by atoms with van der Waals surface area (Å²) in [5.41, 5.74) is 0.871. The fourth-order valence-corrected chi connectivity index (χ4v) is 6.13. The third-order valence-corrected chi connectivity index (χ3v) is 7.52. The van der Waals surface area contributed by atoms with Gasteiger partial charge < -0.3 is 18.9 Å². The van der Waals surface area contributed by atoms with Gasteiger partial charge in [0.2, 0.25) is 0 Å². The highest BCUT2D eigenvalue weighted by Crippen LogP contribution is 2.60. The summed E-state index contributed by atoms with van der Waals surface area (Å²) in [6, 6.07) is 13.9. The van der Waals surface area contributed by atoms with Gasteiger partial charge in [-0.1, -0.05) is 12.1 Å². The first-order chi connectivity index (χ1) is 15.6. The van der Waals surface area contributed by atoms with Crippen LogP contribution in [0.15, 0.2) is 48.5 Å². The van der Waals surface area contributed by atoms with Crippen molar-refractivity contribution in [1.29, 1.82) is 0 Å². The zero-order valence-corrected chi connectivity index (χ0v) is 18.4. The predicted octanol–water partition coefficient (Wildman–Crippen LogP) is 4.52. The summed E-state index contributed by atoms with van der Waals surface area (Å²) in [4.78, 5) is 25.9. The second-order valence-corrected chi connectivity index (χ2v) is 9.09. The molecule has 0 radical (unpaired) electrons. The molecule has 5 rings (SSSR count). The molecule has 3 aliphatic carbocycles. The van der Waals surface area contributed by atoms with E-state index < -0.39 is 24.1 Å². The number of hydrogen-bond donors (Lipinski definition) is 0. The Morgan fingerprint density at radius 2 is 1.38 bits per heavy atom. The molecule has 0 amide bonds. The van der Waals surface area contributed by atoms with E-state index in [2.05, 4.69) is 0 Å². The van der Waals surface area contributed by atoms with Crippen LogP contribution in [0.25, 0.3) is 0 Å². The molecule has 32 heavy (non-hydrogen) atoms. The van der Waals surface area contributed by atoms with Crippen LogP contribution in [0.1, 0.15) is 46.4 Å². The average molecular weight is 437 g/mol. The lowest BCUT2D eigenvalue weighted by Gasteiger charge is -2.29. The van der Waals surface area contributed by atoms with Crippen LogP contribution in [0.5, 0.6) is 11.5 Å². The maximum atomic E-state index is 13.0. The fraction of sp³-hybridized carbons (Fsp3) is 0.462. The van der Waals surface area contributed by atoms with Gasteiger partial charge in [0.25, 0.3) is 0 Å². The number of hydrogen-bond acceptors (Lipinski definition) is 6. The second-order valence-electron chi connectivity index (χ2n) is 9.09. The Balaban J connectivity index is 1.37. The first-order valence-electron chi connectivity index (χ1n) is 11.3. The van der Waals surface area contributed by atoms with E-state index in [1.165, 1.54) is 12.8 Å². The SMILES string of the molecule is COc1cccc(C(=O)OC2CC3C4CCC(C4)C3C2OC(=O)c2cccc(OC)c2)c1. The summed E-state index contributed by atoms with van der Waals surface area (Å²) in [7, 11) is 3.13. The lowest BCUT2D eigenvalue weighted by molar-refractivity contribution is -0.0417. The highest BCUT2D eigenvalue weighted by atomic mass is 16.6. The van der Waals surface area contributed by atoms with Crippen LogP contribution in [-0.4, -0.2) is 38.4 Å². The minimum absolute atomic E-state index is 0.256. The van der Waals surface area contributed by atoms with Crippen LogP contribution in [-0.2, 0) is 9.47 Å². The first kappa shape index (κ1) is 20.9. The van der Waals surface area contributed by atoms with E-state index in [4.69, 9.17) is 18.9 Å². The number of methoxy groups -OCH3 is 2. The van der Waals surface area contributed by atoms with Crippen molar-refractivity contribution in [1.82, 2.24) is 0 Å². The number of rotatable bonds is 6. The Bertz CT molecular complexity index is 1020. The Hall–Kier alpha value is -3.02. The van der Waals surface area contributed by atoms with E-state index in [-0.39, 0.29) is 5.92 Å². The number of benzene rings is 2. The molecule has 0 heterocycles. The van der Waals surface area contributed by atoms with Crippen LogP contribution >= 0.6 is 0 Å². The maximum absolute atomic E-state index is 13.0. The van der Waals surface area contributed by atoms with E-state index in [0.717, 1.165) is 12.8 Å². The van der Waals surface area contributed by atoms with Crippen LogP contribution in [0.4, 0.5) is 0 Å². The van der Waals surface area contributed by atoms with E-state index in [9.17, 15) is 9.59 Å². The van der Waals surface area contributed by atoms with Gasteiger partial charge in [0.15, 0.2) is 0 Å². The summed E-state index contributed by atoms with van der Waals surface area (Å²) in [5, 5.41) is 0.